The molecule has 1 fully saturated rings. The Hall–Kier alpha value is -1.86. The minimum Gasteiger partial charge on any atom is -0.494 e. The summed E-state index contributed by atoms with van der Waals surface area (Å²) in [7, 11) is 0. The number of nitrogens with zero attached hydrogens (tertiary/aromatic N) is 2. The topological polar surface area (TPSA) is 90.9 Å². The zero-order valence-corrected chi connectivity index (χ0v) is 12.3. The van der Waals surface area contributed by atoms with Crippen LogP contribution in [-0.4, -0.2) is 43.4 Å². The van der Waals surface area contributed by atoms with Gasteiger partial charge in [0.2, 0.25) is 0 Å². The van der Waals surface area contributed by atoms with E-state index in [1.807, 2.05) is 24.8 Å². The van der Waals surface area contributed by atoms with Gasteiger partial charge in [0.1, 0.15) is 5.75 Å². The van der Waals surface area contributed by atoms with Crippen LogP contribution in [0.25, 0.3) is 0 Å². The highest BCUT2D eigenvalue weighted by atomic mass is 16.6. The fourth-order valence-electron chi connectivity index (χ4n) is 2.33. The van der Waals surface area contributed by atoms with E-state index in [1.54, 1.807) is 6.07 Å². The van der Waals surface area contributed by atoms with Gasteiger partial charge in [0.05, 0.1) is 30.3 Å². The van der Waals surface area contributed by atoms with E-state index < -0.39 is 4.92 Å². The Morgan fingerprint density at radius 1 is 1.57 bits per heavy atom. The lowest BCUT2D eigenvalue weighted by atomic mass is 10.1. The van der Waals surface area contributed by atoms with E-state index in [2.05, 4.69) is 0 Å². The molecule has 21 heavy (non-hydrogen) atoms. The third-order valence-electron chi connectivity index (χ3n) is 3.44. The average molecular weight is 295 g/mol. The molecule has 7 heteroatoms. The van der Waals surface area contributed by atoms with E-state index in [1.165, 1.54) is 6.07 Å². The molecular weight excluding hydrogens is 274 g/mol. The van der Waals surface area contributed by atoms with Gasteiger partial charge in [-0.2, -0.15) is 0 Å². The number of anilines is 1. The molecule has 2 unspecified atom stereocenters. The Labute approximate surface area is 123 Å². The van der Waals surface area contributed by atoms with E-state index in [-0.39, 0.29) is 17.8 Å². The number of rotatable bonds is 5. The second-order valence-corrected chi connectivity index (χ2v) is 5.09. The van der Waals surface area contributed by atoms with Crippen LogP contribution >= 0.6 is 0 Å². The number of non-ortho nitro benzene ring substituents is 1. The molecule has 1 aliphatic heterocycles. The molecule has 0 saturated carbocycles. The first-order chi connectivity index (χ1) is 10.0. The fourth-order valence-corrected chi connectivity index (χ4v) is 2.33. The van der Waals surface area contributed by atoms with Crippen molar-refractivity contribution in [2.24, 2.45) is 5.73 Å². The highest BCUT2D eigenvalue weighted by Gasteiger charge is 2.25. The summed E-state index contributed by atoms with van der Waals surface area (Å²) in [6.45, 7) is 6.05. The van der Waals surface area contributed by atoms with Gasteiger partial charge in [-0.25, -0.2) is 0 Å². The molecule has 7 nitrogen and oxygen atoms in total. The van der Waals surface area contributed by atoms with Crippen LogP contribution in [0, 0.1) is 10.1 Å². The Balaban J connectivity index is 2.26. The third-order valence-corrected chi connectivity index (χ3v) is 3.44. The minimum absolute atomic E-state index is 0.0276. The summed E-state index contributed by atoms with van der Waals surface area (Å²) in [6.07, 6.45) is -0.0754. The van der Waals surface area contributed by atoms with Crippen molar-refractivity contribution in [1.82, 2.24) is 0 Å². The molecule has 0 aromatic heterocycles. The summed E-state index contributed by atoms with van der Waals surface area (Å²) in [4.78, 5) is 12.7. The first kappa shape index (κ1) is 15.5. The van der Waals surface area contributed by atoms with Gasteiger partial charge in [0.25, 0.3) is 5.69 Å². The fraction of sp³-hybridized carbons (Fsp3) is 0.571. The molecule has 0 aliphatic carbocycles. The van der Waals surface area contributed by atoms with Gasteiger partial charge in [-0.3, -0.25) is 10.1 Å². The zero-order valence-electron chi connectivity index (χ0n) is 12.3. The Kier molecular flexibility index (Phi) is 4.98. The highest BCUT2D eigenvalue weighted by molar-refractivity contribution is 5.58. The Morgan fingerprint density at radius 2 is 2.33 bits per heavy atom. The van der Waals surface area contributed by atoms with Gasteiger partial charge in [0, 0.05) is 37.0 Å². The van der Waals surface area contributed by atoms with Crippen LogP contribution in [0.1, 0.15) is 13.8 Å². The molecule has 1 saturated heterocycles. The quantitative estimate of drug-likeness (QED) is 0.654. The lowest BCUT2D eigenvalue weighted by Gasteiger charge is -2.36. The van der Waals surface area contributed by atoms with Gasteiger partial charge in [0.15, 0.2) is 0 Å². The monoisotopic (exact) mass is 295 g/mol. The van der Waals surface area contributed by atoms with Crippen LogP contribution in [0.2, 0.25) is 0 Å². The molecule has 1 aromatic carbocycles. The maximum Gasteiger partial charge on any atom is 0.275 e. The number of benzene rings is 1. The Morgan fingerprint density at radius 3 is 2.95 bits per heavy atom. The third kappa shape index (κ3) is 3.83. The lowest BCUT2D eigenvalue weighted by Crippen LogP contribution is -2.49. The van der Waals surface area contributed by atoms with Crippen molar-refractivity contribution in [3.05, 3.63) is 28.3 Å². The molecular formula is C14H21N3O4. The zero-order chi connectivity index (χ0) is 15.4. The van der Waals surface area contributed by atoms with Crippen LogP contribution in [0.3, 0.4) is 0 Å². The molecule has 2 atom stereocenters. The van der Waals surface area contributed by atoms with Crippen molar-refractivity contribution < 1.29 is 14.4 Å². The van der Waals surface area contributed by atoms with Crippen LogP contribution < -0.4 is 15.4 Å². The van der Waals surface area contributed by atoms with Crippen molar-refractivity contribution >= 4 is 11.4 Å². The second-order valence-electron chi connectivity index (χ2n) is 5.09. The summed E-state index contributed by atoms with van der Waals surface area (Å²) in [5, 5.41) is 11.1. The van der Waals surface area contributed by atoms with Gasteiger partial charge in [-0.05, 0) is 13.8 Å². The number of hydrogen-bond donors (Lipinski definition) is 1. The van der Waals surface area contributed by atoms with E-state index in [9.17, 15) is 10.1 Å². The molecule has 0 radical (unpaired) electrons. The summed E-state index contributed by atoms with van der Waals surface area (Å²) in [5.41, 5.74) is 6.67. The van der Waals surface area contributed by atoms with Gasteiger partial charge >= 0.3 is 0 Å². The number of ether oxygens (including phenoxy) is 2. The summed E-state index contributed by atoms with van der Waals surface area (Å²) < 4.78 is 11.0. The van der Waals surface area contributed by atoms with Crippen molar-refractivity contribution in [3.8, 4) is 5.75 Å². The van der Waals surface area contributed by atoms with Crippen LogP contribution in [0.5, 0.6) is 5.75 Å². The smallest absolute Gasteiger partial charge is 0.275 e. The maximum atomic E-state index is 11.1. The highest BCUT2D eigenvalue weighted by Crippen LogP contribution is 2.29. The Bertz CT molecular complexity index is 507. The molecule has 1 heterocycles. The summed E-state index contributed by atoms with van der Waals surface area (Å²) in [5.74, 6) is 0.505. The number of nitrogens with two attached hydrogens (primary N) is 1. The first-order valence-corrected chi connectivity index (χ1v) is 7.05. The van der Waals surface area contributed by atoms with Crippen molar-refractivity contribution in [2.75, 3.05) is 31.2 Å². The van der Waals surface area contributed by atoms with E-state index in [4.69, 9.17) is 15.2 Å². The van der Waals surface area contributed by atoms with Crippen LogP contribution in [0.4, 0.5) is 11.4 Å². The van der Waals surface area contributed by atoms with Crippen molar-refractivity contribution in [2.45, 2.75) is 26.0 Å². The normalized spacial score (nSPS) is 20.1. The predicted molar refractivity (Wildman–Crippen MR) is 79.9 cm³/mol. The van der Waals surface area contributed by atoms with Crippen LogP contribution in [-0.2, 0) is 4.74 Å². The minimum atomic E-state index is -0.407. The molecule has 0 amide bonds. The second kappa shape index (κ2) is 6.73. The molecule has 1 aliphatic rings. The molecule has 0 bridgehead atoms. The summed E-state index contributed by atoms with van der Waals surface area (Å²) in [6, 6.07) is 4.74. The van der Waals surface area contributed by atoms with Crippen LogP contribution in [0.15, 0.2) is 18.2 Å². The molecule has 1 aromatic rings. The molecule has 2 N–H and O–H groups in total. The SMILES string of the molecule is CCOc1cc(N2CCOC(C(C)N)C2)cc([N+](=O)[O-])c1. The number of nitro benzene ring substituents is 1. The predicted octanol–water partition coefficient (Wildman–Crippen LogP) is 1.55. The van der Waals surface area contributed by atoms with E-state index in [0.29, 0.717) is 32.1 Å². The van der Waals surface area contributed by atoms with Crippen molar-refractivity contribution in [3.63, 3.8) is 0 Å². The molecule has 116 valence electrons. The van der Waals surface area contributed by atoms with Crippen molar-refractivity contribution in [1.29, 1.82) is 0 Å². The van der Waals surface area contributed by atoms with E-state index >= 15 is 0 Å². The number of hydrogen-bond acceptors (Lipinski definition) is 6. The number of morpholine rings is 1. The first-order valence-electron chi connectivity index (χ1n) is 7.05. The van der Waals surface area contributed by atoms with Gasteiger partial charge < -0.3 is 20.1 Å². The van der Waals surface area contributed by atoms with Gasteiger partial charge in [-0.15, -0.1) is 0 Å². The molecule has 2 rings (SSSR count). The average Bonchev–Trinajstić information content (AvgIpc) is 2.47. The maximum absolute atomic E-state index is 11.1. The molecule has 0 spiro atoms. The number of nitro groups is 1. The van der Waals surface area contributed by atoms with Gasteiger partial charge in [-0.1, -0.05) is 0 Å². The lowest BCUT2D eigenvalue weighted by molar-refractivity contribution is -0.384. The summed E-state index contributed by atoms with van der Waals surface area (Å²) >= 11 is 0. The largest absolute Gasteiger partial charge is 0.494 e. The standard InChI is InChI=1S/C14H21N3O4/c1-3-20-13-7-11(6-12(8-13)17(18)19)16-4-5-21-14(9-16)10(2)15/h6-8,10,14H,3-5,9,15H2,1-2H3. The van der Waals surface area contributed by atoms with E-state index in [0.717, 1.165) is 5.69 Å².